The summed E-state index contributed by atoms with van der Waals surface area (Å²) in [5, 5.41) is 23.6. The summed E-state index contributed by atoms with van der Waals surface area (Å²) in [6, 6.07) is 9.87. The molecular formula is C16H21NO3S. The van der Waals surface area contributed by atoms with Gasteiger partial charge >= 0.3 is 0 Å². The first-order chi connectivity index (χ1) is 9.97. The van der Waals surface area contributed by atoms with Gasteiger partial charge in [-0.1, -0.05) is 32.0 Å². The van der Waals surface area contributed by atoms with E-state index in [1.807, 2.05) is 44.2 Å². The predicted molar refractivity (Wildman–Crippen MR) is 85.3 cm³/mol. The number of aliphatic hydroxyl groups is 2. The third-order valence-corrected chi connectivity index (χ3v) is 4.65. The van der Waals surface area contributed by atoms with E-state index in [0.29, 0.717) is 0 Å². The summed E-state index contributed by atoms with van der Waals surface area (Å²) in [6.07, 6.45) is -1.30. The molecule has 0 bridgehead atoms. The summed E-state index contributed by atoms with van der Waals surface area (Å²) in [5.74, 6) is -0.195. The molecule has 114 valence electrons. The van der Waals surface area contributed by atoms with Gasteiger partial charge in [-0.15, -0.1) is 11.3 Å². The molecule has 0 spiro atoms. The Kier molecular flexibility index (Phi) is 5.33. The Balaban J connectivity index is 1.89. The Labute approximate surface area is 128 Å². The van der Waals surface area contributed by atoms with Crippen LogP contribution in [0.2, 0.25) is 0 Å². The van der Waals surface area contributed by atoms with E-state index >= 15 is 0 Å². The summed E-state index contributed by atoms with van der Waals surface area (Å²) in [5.41, 5.74) is 0. The van der Waals surface area contributed by atoms with E-state index in [-0.39, 0.29) is 24.8 Å². The lowest BCUT2D eigenvalue weighted by atomic mass is 10.0. The highest BCUT2D eigenvalue weighted by molar-refractivity contribution is 7.19. The van der Waals surface area contributed by atoms with Gasteiger partial charge in [0.15, 0.2) is 0 Å². The molecular weight excluding hydrogens is 286 g/mol. The van der Waals surface area contributed by atoms with Gasteiger partial charge < -0.3 is 15.5 Å². The summed E-state index contributed by atoms with van der Waals surface area (Å²) in [6.45, 7) is 3.89. The maximum Gasteiger partial charge on any atom is 0.222 e. The number of thiophene rings is 1. The van der Waals surface area contributed by atoms with E-state index in [0.717, 1.165) is 15.0 Å². The standard InChI is InChI=1S/C16H21NO3S/c1-10(2)12(18)8-16(20)17-9-13(19)15-7-11-5-3-4-6-14(11)21-15/h3-7,10,12-13,18-19H,8-9H2,1-2H3,(H,17,20). The molecule has 2 rings (SSSR count). The fourth-order valence-electron chi connectivity index (χ4n) is 1.98. The van der Waals surface area contributed by atoms with Crippen molar-refractivity contribution in [2.24, 2.45) is 5.92 Å². The first-order valence-electron chi connectivity index (χ1n) is 7.08. The van der Waals surface area contributed by atoms with Crippen LogP contribution in [0.3, 0.4) is 0 Å². The average Bonchev–Trinajstić information content (AvgIpc) is 2.88. The van der Waals surface area contributed by atoms with Gasteiger partial charge in [0.2, 0.25) is 5.91 Å². The summed E-state index contributed by atoms with van der Waals surface area (Å²) < 4.78 is 1.12. The molecule has 2 atom stereocenters. The van der Waals surface area contributed by atoms with Crippen LogP contribution >= 0.6 is 11.3 Å². The lowest BCUT2D eigenvalue weighted by Gasteiger charge is -2.15. The van der Waals surface area contributed by atoms with Crippen LogP contribution in [0.25, 0.3) is 10.1 Å². The lowest BCUT2D eigenvalue weighted by molar-refractivity contribution is -0.124. The third-order valence-electron chi connectivity index (χ3n) is 3.43. The quantitative estimate of drug-likeness (QED) is 0.768. The molecule has 0 aliphatic rings. The van der Waals surface area contributed by atoms with Gasteiger partial charge in [0.1, 0.15) is 6.10 Å². The number of hydrogen-bond acceptors (Lipinski definition) is 4. The normalized spacial score (nSPS) is 14.3. The molecule has 2 unspecified atom stereocenters. The minimum Gasteiger partial charge on any atom is -0.392 e. The number of hydrogen-bond donors (Lipinski definition) is 3. The Morgan fingerprint density at radius 2 is 2.00 bits per heavy atom. The molecule has 0 saturated heterocycles. The van der Waals surface area contributed by atoms with Crippen LogP contribution in [-0.2, 0) is 4.79 Å². The van der Waals surface area contributed by atoms with Crippen molar-refractivity contribution < 1.29 is 15.0 Å². The smallest absolute Gasteiger partial charge is 0.222 e. The van der Waals surface area contributed by atoms with Crippen molar-refractivity contribution in [2.75, 3.05) is 6.54 Å². The van der Waals surface area contributed by atoms with Crippen molar-refractivity contribution in [3.63, 3.8) is 0 Å². The number of carbonyl (C=O) groups is 1. The zero-order valence-corrected chi connectivity index (χ0v) is 13.1. The van der Waals surface area contributed by atoms with Crippen molar-refractivity contribution >= 4 is 27.3 Å². The van der Waals surface area contributed by atoms with Gasteiger partial charge in [-0.25, -0.2) is 0 Å². The van der Waals surface area contributed by atoms with Gasteiger partial charge in [0, 0.05) is 16.1 Å². The second kappa shape index (κ2) is 7.02. The molecule has 0 aliphatic carbocycles. The lowest BCUT2D eigenvalue weighted by Crippen LogP contribution is -2.32. The topological polar surface area (TPSA) is 69.6 Å². The molecule has 0 radical (unpaired) electrons. The van der Waals surface area contributed by atoms with Gasteiger partial charge in [0.25, 0.3) is 0 Å². The molecule has 1 aromatic carbocycles. The number of rotatable bonds is 6. The van der Waals surface area contributed by atoms with E-state index in [1.54, 1.807) is 0 Å². The predicted octanol–water partition coefficient (Wildman–Crippen LogP) is 2.46. The maximum absolute atomic E-state index is 11.7. The van der Waals surface area contributed by atoms with Crippen LogP contribution in [0.4, 0.5) is 0 Å². The highest BCUT2D eigenvalue weighted by atomic mass is 32.1. The molecule has 1 aromatic heterocycles. The second-order valence-corrected chi connectivity index (χ2v) is 6.64. The molecule has 3 N–H and O–H groups in total. The van der Waals surface area contributed by atoms with Crippen LogP contribution in [0.1, 0.15) is 31.2 Å². The van der Waals surface area contributed by atoms with Gasteiger partial charge in [-0.05, 0) is 23.4 Å². The van der Waals surface area contributed by atoms with Crippen molar-refractivity contribution in [1.29, 1.82) is 0 Å². The van der Waals surface area contributed by atoms with Crippen LogP contribution in [0.15, 0.2) is 30.3 Å². The number of fused-ring (bicyclic) bond motifs is 1. The minimum absolute atomic E-state index is 0.0447. The molecule has 21 heavy (non-hydrogen) atoms. The van der Waals surface area contributed by atoms with E-state index in [1.165, 1.54) is 11.3 Å². The Morgan fingerprint density at radius 1 is 1.29 bits per heavy atom. The first kappa shape index (κ1) is 15.9. The molecule has 2 aromatic rings. The Bertz CT molecular complexity index is 575. The van der Waals surface area contributed by atoms with Crippen LogP contribution in [0, 0.1) is 5.92 Å². The van der Waals surface area contributed by atoms with Gasteiger partial charge in [0.05, 0.1) is 12.5 Å². The van der Waals surface area contributed by atoms with E-state index < -0.39 is 12.2 Å². The monoisotopic (exact) mass is 307 g/mol. The largest absolute Gasteiger partial charge is 0.392 e. The summed E-state index contributed by atoms with van der Waals surface area (Å²) in [7, 11) is 0. The van der Waals surface area contributed by atoms with Gasteiger partial charge in [-0.3, -0.25) is 4.79 Å². The van der Waals surface area contributed by atoms with E-state index in [2.05, 4.69) is 5.32 Å². The zero-order valence-electron chi connectivity index (χ0n) is 12.2. The Hall–Kier alpha value is -1.43. The average molecular weight is 307 g/mol. The highest BCUT2D eigenvalue weighted by Gasteiger charge is 2.16. The highest BCUT2D eigenvalue weighted by Crippen LogP contribution is 2.29. The third kappa shape index (κ3) is 4.27. The summed E-state index contributed by atoms with van der Waals surface area (Å²) in [4.78, 5) is 12.5. The minimum atomic E-state index is -0.720. The fraction of sp³-hybridized carbons (Fsp3) is 0.438. The van der Waals surface area contributed by atoms with Crippen molar-refractivity contribution in [3.8, 4) is 0 Å². The first-order valence-corrected chi connectivity index (χ1v) is 7.90. The van der Waals surface area contributed by atoms with Crippen molar-refractivity contribution in [3.05, 3.63) is 35.2 Å². The van der Waals surface area contributed by atoms with E-state index in [4.69, 9.17) is 0 Å². The van der Waals surface area contributed by atoms with Crippen molar-refractivity contribution in [2.45, 2.75) is 32.5 Å². The molecule has 0 aliphatic heterocycles. The number of benzene rings is 1. The molecule has 5 heteroatoms. The van der Waals surface area contributed by atoms with Crippen LogP contribution in [-0.4, -0.2) is 28.8 Å². The SMILES string of the molecule is CC(C)C(O)CC(=O)NCC(O)c1cc2ccccc2s1. The number of nitrogens with one attached hydrogen (secondary N) is 1. The molecule has 1 amide bonds. The molecule has 1 heterocycles. The van der Waals surface area contributed by atoms with Crippen molar-refractivity contribution in [1.82, 2.24) is 5.32 Å². The number of carbonyl (C=O) groups excluding carboxylic acids is 1. The molecule has 0 fully saturated rings. The maximum atomic E-state index is 11.7. The van der Waals surface area contributed by atoms with Crippen LogP contribution in [0.5, 0.6) is 0 Å². The molecule has 4 nitrogen and oxygen atoms in total. The fourth-order valence-corrected chi connectivity index (χ4v) is 3.03. The summed E-state index contributed by atoms with van der Waals surface area (Å²) >= 11 is 1.53. The van der Waals surface area contributed by atoms with Crippen LogP contribution < -0.4 is 5.32 Å². The van der Waals surface area contributed by atoms with Gasteiger partial charge in [-0.2, -0.15) is 0 Å². The number of aliphatic hydroxyl groups excluding tert-OH is 2. The zero-order chi connectivity index (χ0) is 15.4. The molecule has 0 saturated carbocycles. The van der Waals surface area contributed by atoms with E-state index in [9.17, 15) is 15.0 Å². The Morgan fingerprint density at radius 3 is 2.67 bits per heavy atom. The number of amides is 1. The second-order valence-electron chi connectivity index (χ2n) is 5.52.